The minimum atomic E-state index is 0.0537. The Labute approximate surface area is 155 Å². The summed E-state index contributed by atoms with van der Waals surface area (Å²) in [6.45, 7) is 7.57. The van der Waals surface area contributed by atoms with Gasteiger partial charge in [0.1, 0.15) is 5.75 Å². The number of likely N-dealkylation sites (N-methyl/N-ethyl adjacent to an activating group) is 1. The molecule has 0 radical (unpaired) electrons. The highest BCUT2D eigenvalue weighted by molar-refractivity contribution is 6.32. The maximum atomic E-state index is 12.4. The predicted molar refractivity (Wildman–Crippen MR) is 100 cm³/mol. The van der Waals surface area contributed by atoms with E-state index in [1.165, 1.54) is 19.6 Å². The smallest absolute Gasteiger partial charge is 0.260 e. The van der Waals surface area contributed by atoms with Gasteiger partial charge in [-0.25, -0.2) is 0 Å². The maximum absolute atomic E-state index is 12.4. The molecule has 138 valence electrons. The van der Waals surface area contributed by atoms with Gasteiger partial charge in [-0.15, -0.1) is 0 Å². The van der Waals surface area contributed by atoms with Gasteiger partial charge < -0.3 is 19.4 Å². The Hall–Kier alpha value is -1.30. The first-order valence-electron chi connectivity index (χ1n) is 9.18. The van der Waals surface area contributed by atoms with Crippen LogP contribution in [0.3, 0.4) is 0 Å². The molecule has 25 heavy (non-hydrogen) atoms. The summed E-state index contributed by atoms with van der Waals surface area (Å²) >= 11 is 6.06. The van der Waals surface area contributed by atoms with Crippen molar-refractivity contribution >= 4 is 17.5 Å². The van der Waals surface area contributed by atoms with E-state index < -0.39 is 0 Å². The summed E-state index contributed by atoms with van der Waals surface area (Å²) in [4.78, 5) is 19.2. The lowest BCUT2D eigenvalue weighted by atomic mass is 9.96. The van der Waals surface area contributed by atoms with Crippen molar-refractivity contribution in [2.75, 3.05) is 59.5 Å². The first kappa shape index (κ1) is 18.5. The van der Waals surface area contributed by atoms with Gasteiger partial charge >= 0.3 is 0 Å². The molecule has 1 aromatic rings. The Bertz CT molecular complexity index is 568. The van der Waals surface area contributed by atoms with Crippen molar-refractivity contribution < 1.29 is 9.53 Å². The minimum Gasteiger partial charge on any atom is -0.482 e. The Morgan fingerprint density at radius 2 is 1.80 bits per heavy atom. The predicted octanol–water partition coefficient (Wildman–Crippen LogP) is 2.20. The third-order valence-corrected chi connectivity index (χ3v) is 5.58. The summed E-state index contributed by atoms with van der Waals surface area (Å²) in [6.07, 6.45) is 2.17. The van der Waals surface area contributed by atoms with Crippen LogP contribution in [0.15, 0.2) is 24.3 Å². The molecule has 0 N–H and O–H groups in total. The average molecular weight is 366 g/mol. The second kappa shape index (κ2) is 8.88. The van der Waals surface area contributed by atoms with E-state index in [0.717, 1.165) is 39.0 Å². The number of likely N-dealkylation sites (tertiary alicyclic amines) is 1. The van der Waals surface area contributed by atoms with Crippen molar-refractivity contribution in [2.45, 2.75) is 12.8 Å². The zero-order chi connectivity index (χ0) is 17.6. The number of carbonyl (C=O) groups is 1. The molecule has 0 spiro atoms. The number of amides is 1. The van der Waals surface area contributed by atoms with Crippen molar-refractivity contribution in [1.29, 1.82) is 0 Å². The van der Waals surface area contributed by atoms with Crippen LogP contribution in [0.4, 0.5) is 0 Å². The number of benzene rings is 1. The molecule has 0 bridgehead atoms. The third-order valence-electron chi connectivity index (χ3n) is 5.27. The number of nitrogens with zero attached hydrogens (tertiary/aromatic N) is 3. The first-order valence-corrected chi connectivity index (χ1v) is 9.55. The van der Waals surface area contributed by atoms with E-state index in [-0.39, 0.29) is 12.5 Å². The molecule has 5 nitrogen and oxygen atoms in total. The molecule has 0 aromatic heterocycles. The van der Waals surface area contributed by atoms with Crippen LogP contribution in [-0.4, -0.2) is 80.1 Å². The second-order valence-electron chi connectivity index (χ2n) is 7.15. The van der Waals surface area contributed by atoms with Crippen molar-refractivity contribution in [2.24, 2.45) is 5.92 Å². The van der Waals surface area contributed by atoms with Crippen LogP contribution in [-0.2, 0) is 4.79 Å². The van der Waals surface area contributed by atoms with Crippen molar-refractivity contribution in [3.05, 3.63) is 29.3 Å². The normalized spacial score (nSPS) is 20.6. The van der Waals surface area contributed by atoms with Gasteiger partial charge in [0.2, 0.25) is 0 Å². The summed E-state index contributed by atoms with van der Waals surface area (Å²) in [5.41, 5.74) is 0. The molecule has 6 heteroatoms. The lowest BCUT2D eigenvalue weighted by molar-refractivity contribution is -0.134. The molecule has 2 fully saturated rings. The lowest BCUT2D eigenvalue weighted by Gasteiger charge is -2.37. The van der Waals surface area contributed by atoms with Crippen LogP contribution >= 0.6 is 11.6 Å². The highest BCUT2D eigenvalue weighted by Crippen LogP contribution is 2.23. The number of hydrogen-bond acceptors (Lipinski definition) is 4. The summed E-state index contributed by atoms with van der Waals surface area (Å²) < 4.78 is 5.57. The number of rotatable bonds is 5. The average Bonchev–Trinajstić information content (AvgIpc) is 2.63. The Kier molecular flexibility index (Phi) is 6.57. The fraction of sp³-hybridized carbons (Fsp3) is 0.632. The van der Waals surface area contributed by atoms with Crippen LogP contribution in [0.5, 0.6) is 5.75 Å². The van der Waals surface area contributed by atoms with Crippen LogP contribution in [0.2, 0.25) is 5.02 Å². The fourth-order valence-corrected chi connectivity index (χ4v) is 3.74. The lowest BCUT2D eigenvalue weighted by Crippen LogP contribution is -2.48. The highest BCUT2D eigenvalue weighted by Gasteiger charge is 2.25. The monoisotopic (exact) mass is 365 g/mol. The molecule has 2 saturated heterocycles. The Morgan fingerprint density at radius 1 is 1.12 bits per heavy atom. The van der Waals surface area contributed by atoms with E-state index in [0.29, 0.717) is 16.7 Å². The zero-order valence-electron chi connectivity index (χ0n) is 15.0. The summed E-state index contributed by atoms with van der Waals surface area (Å²) in [6, 6.07) is 7.26. The quantitative estimate of drug-likeness (QED) is 0.801. The number of hydrogen-bond donors (Lipinski definition) is 0. The van der Waals surface area contributed by atoms with Gasteiger partial charge in [-0.1, -0.05) is 23.7 Å². The molecular weight excluding hydrogens is 338 g/mol. The molecular formula is C19H28ClN3O2. The molecule has 0 unspecified atom stereocenters. The third kappa shape index (κ3) is 5.33. The van der Waals surface area contributed by atoms with E-state index in [9.17, 15) is 4.79 Å². The van der Waals surface area contributed by atoms with Gasteiger partial charge in [0.05, 0.1) is 5.02 Å². The van der Waals surface area contributed by atoms with Crippen molar-refractivity contribution in [1.82, 2.24) is 14.7 Å². The summed E-state index contributed by atoms with van der Waals surface area (Å²) in [7, 11) is 2.19. The van der Waals surface area contributed by atoms with Gasteiger partial charge in [0, 0.05) is 45.8 Å². The standard InChI is InChI=1S/C19H28ClN3O2/c1-21-10-12-22(13-11-21)14-16-6-8-23(9-7-16)19(24)15-25-18-5-3-2-4-17(18)20/h2-5,16H,6-15H2,1H3. The molecule has 1 aromatic carbocycles. The molecule has 2 aliphatic rings. The molecule has 0 atom stereocenters. The van der Waals surface area contributed by atoms with Crippen LogP contribution in [0.1, 0.15) is 12.8 Å². The Balaban J connectivity index is 1.38. The highest BCUT2D eigenvalue weighted by atomic mass is 35.5. The SMILES string of the molecule is CN1CCN(CC2CCN(C(=O)COc3ccccc3Cl)CC2)CC1. The van der Waals surface area contributed by atoms with Crippen LogP contribution in [0, 0.1) is 5.92 Å². The van der Waals surface area contributed by atoms with Crippen molar-refractivity contribution in [3.8, 4) is 5.75 Å². The zero-order valence-corrected chi connectivity index (χ0v) is 15.7. The maximum Gasteiger partial charge on any atom is 0.260 e. The van der Waals surface area contributed by atoms with Crippen LogP contribution in [0.25, 0.3) is 0 Å². The molecule has 3 rings (SSSR count). The van der Waals surface area contributed by atoms with E-state index in [1.807, 2.05) is 17.0 Å². The van der Waals surface area contributed by atoms with Gasteiger partial charge in [0.15, 0.2) is 6.61 Å². The second-order valence-corrected chi connectivity index (χ2v) is 7.55. The van der Waals surface area contributed by atoms with Crippen LogP contribution < -0.4 is 4.74 Å². The first-order chi connectivity index (χ1) is 12.1. The van der Waals surface area contributed by atoms with Gasteiger partial charge in [-0.05, 0) is 37.9 Å². The van der Waals surface area contributed by atoms with E-state index >= 15 is 0 Å². The van der Waals surface area contributed by atoms with Gasteiger partial charge in [-0.2, -0.15) is 0 Å². The van der Waals surface area contributed by atoms with E-state index in [2.05, 4.69) is 16.8 Å². The molecule has 1 amide bonds. The largest absolute Gasteiger partial charge is 0.482 e. The number of halogens is 1. The number of piperazine rings is 1. The van der Waals surface area contributed by atoms with Gasteiger partial charge in [0.25, 0.3) is 5.91 Å². The molecule has 0 aliphatic carbocycles. The minimum absolute atomic E-state index is 0.0537. The summed E-state index contributed by atoms with van der Waals surface area (Å²) in [5.74, 6) is 1.33. The summed E-state index contributed by atoms with van der Waals surface area (Å²) in [5, 5.41) is 0.543. The number of piperidine rings is 1. The number of ether oxygens (including phenoxy) is 1. The fourth-order valence-electron chi connectivity index (χ4n) is 3.55. The molecule has 0 saturated carbocycles. The van der Waals surface area contributed by atoms with E-state index in [1.54, 1.807) is 12.1 Å². The molecule has 2 heterocycles. The Morgan fingerprint density at radius 3 is 2.48 bits per heavy atom. The number of para-hydroxylation sites is 1. The van der Waals surface area contributed by atoms with Crippen molar-refractivity contribution in [3.63, 3.8) is 0 Å². The molecule has 2 aliphatic heterocycles. The van der Waals surface area contributed by atoms with Gasteiger partial charge in [-0.3, -0.25) is 4.79 Å². The topological polar surface area (TPSA) is 36.0 Å². The van der Waals surface area contributed by atoms with E-state index in [4.69, 9.17) is 16.3 Å². The number of carbonyl (C=O) groups excluding carboxylic acids is 1.